The third-order valence-corrected chi connectivity index (χ3v) is 7.59. The molecular weight excluding hydrogens is 474 g/mol. The minimum Gasteiger partial charge on any atom is -0.352 e. The maximum atomic E-state index is 13.5. The number of benzene rings is 2. The van der Waals surface area contributed by atoms with Gasteiger partial charge in [-0.1, -0.05) is 66.4 Å². The number of anilines is 1. The van der Waals surface area contributed by atoms with Crippen LogP contribution < -0.4 is 9.62 Å². The molecule has 1 aliphatic carbocycles. The number of rotatable bonds is 9. The second-order valence-corrected chi connectivity index (χ2v) is 11.2. The Bertz CT molecular complexity index is 1120. The van der Waals surface area contributed by atoms with Gasteiger partial charge in [0.2, 0.25) is 21.8 Å². The summed E-state index contributed by atoms with van der Waals surface area (Å²) in [4.78, 5) is 28.0. The van der Waals surface area contributed by atoms with Crippen LogP contribution in [0.5, 0.6) is 0 Å². The molecule has 0 aliphatic heterocycles. The lowest BCUT2D eigenvalue weighted by Crippen LogP contribution is -2.52. The predicted octanol–water partition coefficient (Wildman–Crippen LogP) is 3.89. The zero-order valence-electron chi connectivity index (χ0n) is 19.8. The number of aryl methyl sites for hydroxylation is 1. The number of nitrogens with zero attached hydrogens (tertiary/aromatic N) is 2. The number of carbonyl (C=O) groups is 2. The largest absolute Gasteiger partial charge is 0.352 e. The van der Waals surface area contributed by atoms with Gasteiger partial charge in [0.1, 0.15) is 12.6 Å². The molecule has 1 fully saturated rings. The summed E-state index contributed by atoms with van der Waals surface area (Å²) in [5, 5.41) is 3.27. The van der Waals surface area contributed by atoms with Crippen LogP contribution in [0.1, 0.15) is 43.7 Å². The van der Waals surface area contributed by atoms with Crippen LogP contribution in [0.3, 0.4) is 0 Å². The molecule has 7 nitrogen and oxygen atoms in total. The predicted molar refractivity (Wildman–Crippen MR) is 135 cm³/mol. The molecule has 1 N–H and O–H groups in total. The topological polar surface area (TPSA) is 86.8 Å². The first-order valence-electron chi connectivity index (χ1n) is 11.4. The van der Waals surface area contributed by atoms with E-state index in [-0.39, 0.29) is 29.2 Å². The Morgan fingerprint density at radius 1 is 1.09 bits per heavy atom. The smallest absolute Gasteiger partial charge is 0.244 e. The second kappa shape index (κ2) is 11.2. The van der Waals surface area contributed by atoms with E-state index in [9.17, 15) is 18.0 Å². The van der Waals surface area contributed by atoms with Gasteiger partial charge in [0.15, 0.2) is 0 Å². The SMILES string of the molecule is Cc1ccc(CN(C(=O)CN(c2ccccc2Cl)S(C)(=O)=O)C(C)C(=O)NC2CCCC2)cc1. The van der Waals surface area contributed by atoms with Crippen LogP contribution in [0.15, 0.2) is 48.5 Å². The lowest BCUT2D eigenvalue weighted by molar-refractivity contribution is -0.139. The van der Waals surface area contributed by atoms with Crippen molar-refractivity contribution in [3.05, 3.63) is 64.7 Å². The maximum absolute atomic E-state index is 13.5. The van der Waals surface area contributed by atoms with E-state index in [1.165, 1.54) is 4.90 Å². The second-order valence-electron chi connectivity index (χ2n) is 8.89. The summed E-state index contributed by atoms with van der Waals surface area (Å²) >= 11 is 6.25. The zero-order chi connectivity index (χ0) is 24.9. The molecule has 1 saturated carbocycles. The zero-order valence-corrected chi connectivity index (χ0v) is 21.4. The Kier molecular flexibility index (Phi) is 8.60. The van der Waals surface area contributed by atoms with Gasteiger partial charge < -0.3 is 10.2 Å². The number of para-hydroxylation sites is 1. The number of carbonyl (C=O) groups excluding carboxylic acids is 2. The number of amides is 2. The van der Waals surface area contributed by atoms with Gasteiger partial charge >= 0.3 is 0 Å². The van der Waals surface area contributed by atoms with Crippen LogP contribution in [0.4, 0.5) is 5.69 Å². The van der Waals surface area contributed by atoms with Crippen molar-refractivity contribution < 1.29 is 18.0 Å². The summed E-state index contributed by atoms with van der Waals surface area (Å²) in [5.41, 5.74) is 2.15. The number of hydrogen-bond acceptors (Lipinski definition) is 4. The van der Waals surface area contributed by atoms with Gasteiger partial charge in [-0.25, -0.2) is 8.42 Å². The molecule has 34 heavy (non-hydrogen) atoms. The number of hydrogen-bond donors (Lipinski definition) is 1. The van der Waals surface area contributed by atoms with Crippen molar-refractivity contribution in [2.45, 2.75) is 58.2 Å². The fraction of sp³-hybridized carbons (Fsp3) is 0.440. The summed E-state index contributed by atoms with van der Waals surface area (Å²) in [5.74, 6) is -0.726. The van der Waals surface area contributed by atoms with Crippen LogP contribution in [-0.4, -0.2) is 50.0 Å². The van der Waals surface area contributed by atoms with E-state index in [1.54, 1.807) is 31.2 Å². The van der Waals surface area contributed by atoms with Crippen LogP contribution in [0, 0.1) is 6.92 Å². The van der Waals surface area contributed by atoms with Crippen molar-refractivity contribution in [3.63, 3.8) is 0 Å². The molecular formula is C25H32ClN3O4S. The molecule has 0 spiro atoms. The highest BCUT2D eigenvalue weighted by molar-refractivity contribution is 7.92. The molecule has 2 aromatic carbocycles. The number of nitrogens with one attached hydrogen (secondary N) is 1. The van der Waals surface area contributed by atoms with Crippen molar-refractivity contribution in [1.82, 2.24) is 10.2 Å². The molecule has 2 aromatic rings. The third-order valence-electron chi connectivity index (χ3n) is 6.14. The van der Waals surface area contributed by atoms with E-state index in [0.717, 1.165) is 47.4 Å². The molecule has 0 radical (unpaired) electrons. The van der Waals surface area contributed by atoms with Gasteiger partial charge in [0, 0.05) is 12.6 Å². The molecule has 184 valence electrons. The third kappa shape index (κ3) is 6.73. The van der Waals surface area contributed by atoms with Crippen LogP contribution >= 0.6 is 11.6 Å². The quantitative estimate of drug-likeness (QED) is 0.560. The van der Waals surface area contributed by atoms with Crippen molar-refractivity contribution in [1.29, 1.82) is 0 Å². The average Bonchev–Trinajstić information content (AvgIpc) is 3.29. The normalized spacial score (nSPS) is 15.1. The first-order valence-corrected chi connectivity index (χ1v) is 13.7. The Morgan fingerprint density at radius 3 is 2.29 bits per heavy atom. The van der Waals surface area contributed by atoms with Gasteiger partial charge in [-0.3, -0.25) is 13.9 Å². The molecule has 9 heteroatoms. The maximum Gasteiger partial charge on any atom is 0.244 e. The Balaban J connectivity index is 1.88. The summed E-state index contributed by atoms with van der Waals surface area (Å²) < 4.78 is 26.2. The number of sulfonamides is 1. The van der Waals surface area contributed by atoms with E-state index in [1.807, 2.05) is 31.2 Å². The number of halogens is 1. The molecule has 1 aliphatic rings. The molecule has 3 rings (SSSR count). The van der Waals surface area contributed by atoms with E-state index in [2.05, 4.69) is 5.32 Å². The molecule has 0 heterocycles. The summed E-state index contributed by atoms with van der Waals surface area (Å²) in [6, 6.07) is 13.5. The fourth-order valence-corrected chi connectivity index (χ4v) is 5.26. The highest BCUT2D eigenvalue weighted by Crippen LogP contribution is 2.27. The van der Waals surface area contributed by atoms with E-state index in [0.29, 0.717) is 0 Å². The molecule has 0 saturated heterocycles. The van der Waals surface area contributed by atoms with Gasteiger partial charge in [-0.05, 0) is 44.4 Å². The van der Waals surface area contributed by atoms with Gasteiger partial charge in [0.05, 0.1) is 17.0 Å². The molecule has 0 aromatic heterocycles. The highest BCUT2D eigenvalue weighted by Gasteiger charge is 2.31. The molecule has 0 bridgehead atoms. The van der Waals surface area contributed by atoms with Gasteiger partial charge in [0.25, 0.3) is 0 Å². The molecule has 1 unspecified atom stereocenters. The fourth-order valence-electron chi connectivity index (χ4n) is 4.11. The lowest BCUT2D eigenvalue weighted by Gasteiger charge is -2.32. The van der Waals surface area contributed by atoms with E-state index < -0.39 is 28.5 Å². The minimum absolute atomic E-state index is 0.113. The van der Waals surface area contributed by atoms with Crippen molar-refractivity contribution in [3.8, 4) is 0 Å². The Hall–Kier alpha value is -2.58. The van der Waals surface area contributed by atoms with Crippen LogP contribution in [0.25, 0.3) is 0 Å². The van der Waals surface area contributed by atoms with Crippen molar-refractivity contribution in [2.24, 2.45) is 0 Å². The highest BCUT2D eigenvalue weighted by atomic mass is 35.5. The van der Waals surface area contributed by atoms with E-state index in [4.69, 9.17) is 11.6 Å². The Morgan fingerprint density at radius 2 is 1.71 bits per heavy atom. The van der Waals surface area contributed by atoms with Gasteiger partial charge in [-0.2, -0.15) is 0 Å². The average molecular weight is 506 g/mol. The first-order chi connectivity index (χ1) is 16.1. The summed E-state index contributed by atoms with van der Waals surface area (Å²) in [6.07, 6.45) is 5.04. The van der Waals surface area contributed by atoms with Crippen LogP contribution in [-0.2, 0) is 26.2 Å². The molecule has 2 amide bonds. The van der Waals surface area contributed by atoms with Crippen molar-refractivity contribution in [2.75, 3.05) is 17.1 Å². The monoisotopic (exact) mass is 505 g/mol. The standard InChI is InChI=1S/C25H32ClN3O4S/c1-18-12-14-20(15-13-18)16-28(19(2)25(31)27-21-8-4-5-9-21)24(30)17-29(34(3,32)33)23-11-7-6-10-22(23)26/h6-7,10-15,19,21H,4-5,8-9,16-17H2,1-3H3,(H,27,31). The lowest BCUT2D eigenvalue weighted by atomic mass is 10.1. The van der Waals surface area contributed by atoms with Crippen LogP contribution in [0.2, 0.25) is 5.02 Å². The Labute approximate surface area is 207 Å². The summed E-state index contributed by atoms with van der Waals surface area (Å²) in [7, 11) is -3.81. The van der Waals surface area contributed by atoms with E-state index >= 15 is 0 Å². The minimum atomic E-state index is -3.81. The van der Waals surface area contributed by atoms with Gasteiger partial charge in [-0.15, -0.1) is 0 Å². The summed E-state index contributed by atoms with van der Waals surface area (Å²) in [6.45, 7) is 3.36. The van der Waals surface area contributed by atoms with Crippen molar-refractivity contribution >= 4 is 39.1 Å². The first kappa shape index (κ1) is 26.0. The molecule has 1 atom stereocenters.